The molecule has 2 N–H and O–H groups in total. The summed E-state index contributed by atoms with van der Waals surface area (Å²) < 4.78 is 0. The Morgan fingerprint density at radius 1 is 1.06 bits per heavy atom. The van der Waals surface area contributed by atoms with Gasteiger partial charge in [-0.3, -0.25) is 4.79 Å². The minimum absolute atomic E-state index is 0.156. The summed E-state index contributed by atoms with van der Waals surface area (Å²) in [6, 6.07) is -0.198. The first-order valence-electron chi connectivity index (χ1n) is 6.53. The van der Waals surface area contributed by atoms with Gasteiger partial charge in [0.1, 0.15) is 0 Å². The molecule has 0 aromatic carbocycles. The lowest BCUT2D eigenvalue weighted by Crippen LogP contribution is -2.39. The first-order valence-corrected chi connectivity index (χ1v) is 6.53. The summed E-state index contributed by atoms with van der Waals surface area (Å²) in [4.78, 5) is 24.9. The molecule has 0 unspecified atom stereocenters. The Hall–Kier alpha value is -1.26. The highest BCUT2D eigenvalue weighted by Gasteiger charge is 2.14. The molecule has 1 fully saturated rings. The van der Waals surface area contributed by atoms with Gasteiger partial charge in [0.2, 0.25) is 5.91 Å². The lowest BCUT2D eigenvalue weighted by atomic mass is 10.2. The van der Waals surface area contributed by atoms with Crippen LogP contribution < -0.4 is 10.6 Å². The average Bonchev–Trinajstić information content (AvgIpc) is 2.57. The molecule has 1 aliphatic rings. The molecule has 5 nitrogen and oxygen atoms in total. The van der Waals surface area contributed by atoms with E-state index >= 15 is 0 Å². The molecule has 0 atom stereocenters. The normalized spacial score (nSPS) is 16.2. The zero-order valence-corrected chi connectivity index (χ0v) is 10.6. The molecular weight excluding hydrogens is 218 g/mol. The minimum Gasteiger partial charge on any atom is -0.343 e. The Morgan fingerprint density at radius 3 is 2.29 bits per heavy atom. The fraction of sp³-hybridized carbons (Fsp3) is 0.833. The van der Waals surface area contributed by atoms with Gasteiger partial charge in [0.25, 0.3) is 0 Å². The van der Waals surface area contributed by atoms with E-state index in [1.807, 2.05) is 11.8 Å². The van der Waals surface area contributed by atoms with Gasteiger partial charge in [-0.25, -0.2) is 4.79 Å². The number of likely N-dealkylation sites (tertiary alicyclic amines) is 1. The number of amides is 3. The molecule has 17 heavy (non-hydrogen) atoms. The number of nitrogens with one attached hydrogen (secondary N) is 2. The van der Waals surface area contributed by atoms with Crippen LogP contribution in [0.5, 0.6) is 0 Å². The summed E-state index contributed by atoms with van der Waals surface area (Å²) in [6.45, 7) is 4.63. The Bertz CT molecular complexity index is 248. The SMILES string of the molecule is CCNC(=O)NCCC(=O)N1CCCCCC1. The summed E-state index contributed by atoms with van der Waals surface area (Å²) in [5.41, 5.74) is 0. The molecule has 98 valence electrons. The van der Waals surface area contributed by atoms with E-state index in [1.165, 1.54) is 12.8 Å². The molecule has 1 saturated heterocycles. The van der Waals surface area contributed by atoms with E-state index in [2.05, 4.69) is 10.6 Å². The lowest BCUT2D eigenvalue weighted by molar-refractivity contribution is -0.131. The van der Waals surface area contributed by atoms with Crippen molar-refractivity contribution in [3.63, 3.8) is 0 Å². The van der Waals surface area contributed by atoms with Crippen LogP contribution in [-0.4, -0.2) is 43.0 Å². The van der Waals surface area contributed by atoms with Crippen molar-refractivity contribution in [3.05, 3.63) is 0 Å². The molecule has 1 aliphatic heterocycles. The molecular formula is C12H23N3O2. The van der Waals surface area contributed by atoms with Gasteiger partial charge in [0, 0.05) is 32.6 Å². The highest BCUT2D eigenvalue weighted by atomic mass is 16.2. The second kappa shape index (κ2) is 7.92. The first-order chi connectivity index (χ1) is 8.24. The fourth-order valence-corrected chi connectivity index (χ4v) is 1.98. The standard InChI is InChI=1S/C12H23N3O2/c1-2-13-12(17)14-8-7-11(16)15-9-5-3-4-6-10-15/h2-10H2,1H3,(H2,13,14,17). The number of hydrogen-bond donors (Lipinski definition) is 2. The molecule has 0 bridgehead atoms. The number of carbonyl (C=O) groups is 2. The zero-order chi connectivity index (χ0) is 12.5. The quantitative estimate of drug-likeness (QED) is 0.774. The van der Waals surface area contributed by atoms with Crippen LogP contribution in [0, 0.1) is 0 Å². The van der Waals surface area contributed by atoms with Crippen molar-refractivity contribution in [3.8, 4) is 0 Å². The maximum Gasteiger partial charge on any atom is 0.314 e. The van der Waals surface area contributed by atoms with Gasteiger partial charge >= 0.3 is 6.03 Å². The van der Waals surface area contributed by atoms with Gasteiger partial charge in [-0.2, -0.15) is 0 Å². The van der Waals surface area contributed by atoms with E-state index in [-0.39, 0.29) is 11.9 Å². The van der Waals surface area contributed by atoms with Gasteiger partial charge in [-0.15, -0.1) is 0 Å². The van der Waals surface area contributed by atoms with Crippen molar-refractivity contribution < 1.29 is 9.59 Å². The maximum absolute atomic E-state index is 11.8. The molecule has 0 aromatic rings. The molecule has 0 saturated carbocycles. The maximum atomic E-state index is 11.8. The molecule has 1 heterocycles. The Kier molecular flexibility index (Phi) is 6.43. The molecule has 0 aromatic heterocycles. The van der Waals surface area contributed by atoms with Crippen molar-refractivity contribution in [2.75, 3.05) is 26.2 Å². The van der Waals surface area contributed by atoms with E-state index < -0.39 is 0 Å². The van der Waals surface area contributed by atoms with Crippen LogP contribution in [0.1, 0.15) is 39.0 Å². The Morgan fingerprint density at radius 2 is 1.71 bits per heavy atom. The van der Waals surface area contributed by atoms with Gasteiger partial charge < -0.3 is 15.5 Å². The fourth-order valence-electron chi connectivity index (χ4n) is 1.98. The van der Waals surface area contributed by atoms with Crippen molar-refractivity contribution in [1.82, 2.24) is 15.5 Å². The summed E-state index contributed by atoms with van der Waals surface area (Å²) in [6.07, 6.45) is 5.06. The number of nitrogens with zero attached hydrogens (tertiary/aromatic N) is 1. The van der Waals surface area contributed by atoms with Gasteiger partial charge in [0.05, 0.1) is 0 Å². The third-order valence-electron chi connectivity index (χ3n) is 2.92. The Labute approximate surface area is 103 Å². The van der Waals surface area contributed by atoms with Gasteiger partial charge in [-0.05, 0) is 19.8 Å². The second-order valence-corrected chi connectivity index (χ2v) is 4.33. The molecule has 0 aliphatic carbocycles. The van der Waals surface area contributed by atoms with Crippen LogP contribution in [0.2, 0.25) is 0 Å². The van der Waals surface area contributed by atoms with Crippen molar-refractivity contribution in [2.24, 2.45) is 0 Å². The summed E-state index contributed by atoms with van der Waals surface area (Å²) in [7, 11) is 0. The number of carbonyl (C=O) groups excluding carboxylic acids is 2. The number of hydrogen-bond acceptors (Lipinski definition) is 2. The van der Waals surface area contributed by atoms with Crippen LogP contribution in [-0.2, 0) is 4.79 Å². The van der Waals surface area contributed by atoms with E-state index in [1.54, 1.807) is 0 Å². The molecule has 3 amide bonds. The van der Waals surface area contributed by atoms with Crippen LogP contribution in [0.15, 0.2) is 0 Å². The Balaban J connectivity index is 2.17. The average molecular weight is 241 g/mol. The second-order valence-electron chi connectivity index (χ2n) is 4.33. The lowest BCUT2D eigenvalue weighted by Gasteiger charge is -2.20. The third-order valence-corrected chi connectivity index (χ3v) is 2.92. The largest absolute Gasteiger partial charge is 0.343 e. The number of urea groups is 1. The first kappa shape index (κ1) is 13.8. The van der Waals surface area contributed by atoms with Crippen molar-refractivity contribution in [2.45, 2.75) is 39.0 Å². The molecule has 0 radical (unpaired) electrons. The van der Waals surface area contributed by atoms with Crippen molar-refractivity contribution >= 4 is 11.9 Å². The highest BCUT2D eigenvalue weighted by Crippen LogP contribution is 2.10. The summed E-state index contributed by atoms with van der Waals surface area (Å²) in [5, 5.41) is 5.31. The van der Waals surface area contributed by atoms with Crippen LogP contribution in [0.4, 0.5) is 4.79 Å². The number of rotatable bonds is 4. The predicted molar refractivity (Wildman–Crippen MR) is 66.7 cm³/mol. The van der Waals surface area contributed by atoms with Crippen LogP contribution >= 0.6 is 0 Å². The monoisotopic (exact) mass is 241 g/mol. The van der Waals surface area contributed by atoms with Crippen LogP contribution in [0.25, 0.3) is 0 Å². The molecule has 0 spiro atoms. The highest BCUT2D eigenvalue weighted by molar-refractivity contribution is 5.78. The summed E-state index contributed by atoms with van der Waals surface area (Å²) >= 11 is 0. The van der Waals surface area contributed by atoms with E-state index in [0.29, 0.717) is 19.5 Å². The molecule has 5 heteroatoms. The predicted octanol–water partition coefficient (Wildman–Crippen LogP) is 1.10. The summed E-state index contributed by atoms with van der Waals surface area (Å²) in [5.74, 6) is 0.156. The van der Waals surface area contributed by atoms with Crippen molar-refractivity contribution in [1.29, 1.82) is 0 Å². The van der Waals surface area contributed by atoms with E-state index in [4.69, 9.17) is 0 Å². The molecule has 1 rings (SSSR count). The van der Waals surface area contributed by atoms with Crippen LogP contribution in [0.3, 0.4) is 0 Å². The smallest absolute Gasteiger partial charge is 0.314 e. The topological polar surface area (TPSA) is 61.4 Å². The third kappa shape index (κ3) is 5.56. The van der Waals surface area contributed by atoms with E-state index in [0.717, 1.165) is 25.9 Å². The minimum atomic E-state index is -0.198. The van der Waals surface area contributed by atoms with Gasteiger partial charge in [-0.1, -0.05) is 12.8 Å². The van der Waals surface area contributed by atoms with E-state index in [9.17, 15) is 9.59 Å². The zero-order valence-electron chi connectivity index (χ0n) is 10.6. The van der Waals surface area contributed by atoms with Gasteiger partial charge in [0.15, 0.2) is 0 Å².